The zero-order valence-corrected chi connectivity index (χ0v) is 17.3. The molecule has 2 aromatic carbocycles. The number of hydrogen-bond donors (Lipinski definition) is 1. The maximum Gasteiger partial charge on any atom is 0.253 e. The van der Waals surface area contributed by atoms with Crippen molar-refractivity contribution in [1.82, 2.24) is 10.2 Å². The van der Waals surface area contributed by atoms with Crippen molar-refractivity contribution in [3.05, 3.63) is 64.7 Å². The molecule has 1 fully saturated rings. The van der Waals surface area contributed by atoms with E-state index < -0.39 is 0 Å². The Kier molecular flexibility index (Phi) is 7.12. The molecule has 2 aromatic rings. The zero-order valence-electron chi connectivity index (χ0n) is 16.6. The smallest absolute Gasteiger partial charge is 0.253 e. The van der Waals surface area contributed by atoms with Crippen LogP contribution in [0.15, 0.2) is 48.5 Å². The summed E-state index contributed by atoms with van der Waals surface area (Å²) in [5, 5.41) is 3.42. The van der Waals surface area contributed by atoms with Gasteiger partial charge in [-0.15, -0.1) is 0 Å². The fraction of sp³-hybridized carbons (Fsp3) is 0.364. The Labute approximate surface area is 175 Å². The van der Waals surface area contributed by atoms with Crippen LogP contribution in [0.1, 0.15) is 21.8 Å². The van der Waals surface area contributed by atoms with Crippen LogP contribution in [-0.4, -0.2) is 57.2 Å². The molecular weight excluding hydrogens is 392 g/mol. The lowest BCUT2D eigenvalue weighted by molar-refractivity contribution is -0.125. The minimum atomic E-state index is -0.359. The summed E-state index contributed by atoms with van der Waals surface area (Å²) in [6, 6.07) is 14.5. The second kappa shape index (κ2) is 9.76. The molecule has 2 amide bonds. The Balaban J connectivity index is 1.84. The third-order valence-corrected chi connectivity index (χ3v) is 5.38. The SMILES string of the molecule is COCCNC(=O)C1CN(C(=O)c2cccc(Cl)c2)CC1c1cccc(OC)c1. The van der Waals surface area contributed by atoms with Crippen LogP contribution >= 0.6 is 11.6 Å². The fourth-order valence-electron chi connectivity index (χ4n) is 3.66. The van der Waals surface area contributed by atoms with Gasteiger partial charge in [0.25, 0.3) is 5.91 Å². The third kappa shape index (κ3) is 5.08. The van der Waals surface area contributed by atoms with Crippen molar-refractivity contribution in [2.24, 2.45) is 5.92 Å². The van der Waals surface area contributed by atoms with Gasteiger partial charge in [0.15, 0.2) is 0 Å². The zero-order chi connectivity index (χ0) is 20.8. The molecule has 3 rings (SSSR count). The summed E-state index contributed by atoms with van der Waals surface area (Å²) < 4.78 is 10.4. The molecule has 1 aliphatic rings. The van der Waals surface area contributed by atoms with Crippen molar-refractivity contribution in [2.45, 2.75) is 5.92 Å². The normalized spacial score (nSPS) is 18.5. The molecule has 1 aliphatic heterocycles. The lowest BCUT2D eigenvalue weighted by Gasteiger charge is -2.18. The number of carbonyl (C=O) groups excluding carboxylic acids is 2. The van der Waals surface area contributed by atoms with Crippen molar-refractivity contribution in [2.75, 3.05) is 40.5 Å². The number of carbonyl (C=O) groups is 2. The predicted molar refractivity (Wildman–Crippen MR) is 111 cm³/mol. The molecule has 0 spiro atoms. The minimum absolute atomic E-state index is 0.0868. The molecule has 0 bridgehead atoms. The van der Waals surface area contributed by atoms with E-state index in [1.54, 1.807) is 43.4 Å². The number of nitrogens with zero attached hydrogens (tertiary/aromatic N) is 1. The van der Waals surface area contributed by atoms with E-state index in [4.69, 9.17) is 21.1 Å². The summed E-state index contributed by atoms with van der Waals surface area (Å²) in [6.45, 7) is 1.65. The number of nitrogens with one attached hydrogen (secondary N) is 1. The van der Waals surface area contributed by atoms with Gasteiger partial charge in [-0.2, -0.15) is 0 Å². The monoisotopic (exact) mass is 416 g/mol. The quantitative estimate of drug-likeness (QED) is 0.704. The number of benzene rings is 2. The summed E-state index contributed by atoms with van der Waals surface area (Å²) in [6.07, 6.45) is 0. The summed E-state index contributed by atoms with van der Waals surface area (Å²) in [4.78, 5) is 27.6. The van der Waals surface area contributed by atoms with Crippen LogP contribution in [-0.2, 0) is 9.53 Å². The maximum atomic E-state index is 13.0. The number of amides is 2. The minimum Gasteiger partial charge on any atom is -0.497 e. The van der Waals surface area contributed by atoms with Crippen LogP contribution in [0.4, 0.5) is 0 Å². The average Bonchev–Trinajstić information content (AvgIpc) is 3.19. The number of halogens is 1. The molecular formula is C22H25ClN2O4. The molecule has 0 radical (unpaired) electrons. The molecule has 2 atom stereocenters. The van der Waals surface area contributed by atoms with Gasteiger partial charge in [0.2, 0.25) is 5.91 Å². The van der Waals surface area contributed by atoms with Gasteiger partial charge in [-0.25, -0.2) is 0 Å². The van der Waals surface area contributed by atoms with E-state index in [9.17, 15) is 9.59 Å². The van der Waals surface area contributed by atoms with Crippen LogP contribution in [0.3, 0.4) is 0 Å². The van der Waals surface area contributed by atoms with Gasteiger partial charge in [0.1, 0.15) is 5.75 Å². The van der Waals surface area contributed by atoms with E-state index in [1.165, 1.54) is 0 Å². The Morgan fingerprint density at radius 2 is 1.93 bits per heavy atom. The van der Waals surface area contributed by atoms with E-state index in [2.05, 4.69) is 5.32 Å². The van der Waals surface area contributed by atoms with Crippen molar-refractivity contribution in [1.29, 1.82) is 0 Å². The van der Waals surface area contributed by atoms with Crippen molar-refractivity contribution >= 4 is 23.4 Å². The van der Waals surface area contributed by atoms with E-state index in [0.29, 0.717) is 36.8 Å². The highest BCUT2D eigenvalue weighted by Crippen LogP contribution is 2.35. The molecule has 1 saturated heterocycles. The largest absolute Gasteiger partial charge is 0.497 e. The number of hydrogen-bond acceptors (Lipinski definition) is 4. The average molecular weight is 417 g/mol. The second-order valence-corrected chi connectivity index (χ2v) is 7.43. The predicted octanol–water partition coefficient (Wildman–Crippen LogP) is 2.97. The molecule has 0 aromatic heterocycles. The lowest BCUT2D eigenvalue weighted by Crippen LogP contribution is -2.37. The lowest BCUT2D eigenvalue weighted by atomic mass is 9.88. The number of methoxy groups -OCH3 is 2. The number of likely N-dealkylation sites (tertiary alicyclic amines) is 1. The first-order valence-electron chi connectivity index (χ1n) is 9.49. The van der Waals surface area contributed by atoms with Crippen LogP contribution in [0.5, 0.6) is 5.75 Å². The topological polar surface area (TPSA) is 67.9 Å². The fourth-order valence-corrected chi connectivity index (χ4v) is 3.85. The maximum absolute atomic E-state index is 13.0. The van der Waals surface area contributed by atoms with Crippen molar-refractivity contribution < 1.29 is 19.1 Å². The van der Waals surface area contributed by atoms with Crippen LogP contribution in [0.25, 0.3) is 0 Å². The highest BCUT2D eigenvalue weighted by atomic mass is 35.5. The first-order valence-corrected chi connectivity index (χ1v) is 9.86. The van der Waals surface area contributed by atoms with Crippen molar-refractivity contribution in [3.8, 4) is 5.75 Å². The molecule has 6 nitrogen and oxygen atoms in total. The number of ether oxygens (including phenoxy) is 2. The Morgan fingerprint density at radius 1 is 1.14 bits per heavy atom. The van der Waals surface area contributed by atoms with Crippen molar-refractivity contribution in [3.63, 3.8) is 0 Å². The molecule has 0 saturated carbocycles. The molecule has 2 unspecified atom stereocenters. The van der Waals surface area contributed by atoms with Gasteiger partial charge in [-0.3, -0.25) is 9.59 Å². The Morgan fingerprint density at radius 3 is 2.66 bits per heavy atom. The van der Waals surface area contributed by atoms with Gasteiger partial charge in [-0.05, 0) is 35.9 Å². The molecule has 0 aliphatic carbocycles. The summed E-state index contributed by atoms with van der Waals surface area (Å²) in [5.41, 5.74) is 1.49. The van der Waals surface area contributed by atoms with E-state index in [1.807, 2.05) is 24.3 Å². The summed E-state index contributed by atoms with van der Waals surface area (Å²) in [5.74, 6) is 0.0161. The Bertz CT molecular complexity index is 873. The van der Waals surface area contributed by atoms with Crippen LogP contribution in [0.2, 0.25) is 5.02 Å². The summed E-state index contributed by atoms with van der Waals surface area (Å²) >= 11 is 6.04. The van der Waals surface area contributed by atoms with E-state index in [-0.39, 0.29) is 23.7 Å². The van der Waals surface area contributed by atoms with Gasteiger partial charge in [0, 0.05) is 43.2 Å². The van der Waals surface area contributed by atoms with Gasteiger partial charge in [-0.1, -0.05) is 29.8 Å². The van der Waals surface area contributed by atoms with Crippen LogP contribution in [0, 0.1) is 5.92 Å². The summed E-state index contributed by atoms with van der Waals surface area (Å²) in [7, 11) is 3.20. The number of rotatable bonds is 7. The first-order chi connectivity index (χ1) is 14.0. The van der Waals surface area contributed by atoms with Gasteiger partial charge in [0.05, 0.1) is 19.6 Å². The standard InChI is InChI=1S/C22H25ClN2O4/c1-28-10-9-24-21(26)20-14-25(22(27)16-6-3-7-17(23)11-16)13-19(20)15-5-4-8-18(12-15)29-2/h3-8,11-12,19-20H,9-10,13-14H2,1-2H3,(H,24,26). The second-order valence-electron chi connectivity index (χ2n) is 6.99. The molecule has 154 valence electrons. The molecule has 1 N–H and O–H groups in total. The van der Waals surface area contributed by atoms with E-state index >= 15 is 0 Å². The first kappa shape index (κ1) is 21.1. The van der Waals surface area contributed by atoms with E-state index in [0.717, 1.165) is 11.3 Å². The molecule has 7 heteroatoms. The Hall–Kier alpha value is -2.57. The molecule has 29 heavy (non-hydrogen) atoms. The highest BCUT2D eigenvalue weighted by molar-refractivity contribution is 6.30. The highest BCUT2D eigenvalue weighted by Gasteiger charge is 2.40. The third-order valence-electron chi connectivity index (χ3n) is 5.14. The van der Waals surface area contributed by atoms with Gasteiger partial charge >= 0.3 is 0 Å². The van der Waals surface area contributed by atoms with Crippen LogP contribution < -0.4 is 10.1 Å². The van der Waals surface area contributed by atoms with Gasteiger partial charge < -0.3 is 19.7 Å². The molecule has 1 heterocycles.